The quantitative estimate of drug-likeness (QED) is 0.849. The number of halogens is 1. The SMILES string of the molecule is O=C(NC[C@H]1CCN(c2ccc(F)cc2)C1)N[C@H]1CCS(=O)(=O)C1. The van der Waals surface area contributed by atoms with Crippen LogP contribution < -0.4 is 15.5 Å². The molecule has 0 bridgehead atoms. The van der Waals surface area contributed by atoms with E-state index in [1.165, 1.54) is 12.1 Å². The molecule has 0 unspecified atom stereocenters. The summed E-state index contributed by atoms with van der Waals surface area (Å²) in [5.74, 6) is 0.255. The Morgan fingerprint density at radius 1 is 1.25 bits per heavy atom. The fraction of sp³-hybridized carbons (Fsp3) is 0.562. The maximum atomic E-state index is 13.0. The highest BCUT2D eigenvalue weighted by molar-refractivity contribution is 7.91. The molecule has 1 aromatic carbocycles. The van der Waals surface area contributed by atoms with E-state index in [-0.39, 0.29) is 29.4 Å². The van der Waals surface area contributed by atoms with E-state index in [0.717, 1.165) is 25.2 Å². The lowest BCUT2D eigenvalue weighted by molar-refractivity contribution is 0.236. The van der Waals surface area contributed by atoms with Gasteiger partial charge in [0.05, 0.1) is 11.5 Å². The summed E-state index contributed by atoms with van der Waals surface area (Å²) in [6, 6.07) is 5.83. The molecule has 2 saturated heterocycles. The predicted molar refractivity (Wildman–Crippen MR) is 90.3 cm³/mol. The fourth-order valence-electron chi connectivity index (χ4n) is 3.27. The zero-order chi connectivity index (χ0) is 17.2. The Hall–Kier alpha value is -1.83. The number of anilines is 1. The van der Waals surface area contributed by atoms with E-state index in [2.05, 4.69) is 15.5 Å². The van der Waals surface area contributed by atoms with Crippen molar-refractivity contribution in [3.8, 4) is 0 Å². The summed E-state index contributed by atoms with van der Waals surface area (Å²) < 4.78 is 35.7. The standard InChI is InChI=1S/C16H22FN3O3S/c17-13-1-3-15(4-2-13)20-7-5-12(10-20)9-18-16(21)19-14-6-8-24(22,23)11-14/h1-4,12,14H,5-11H2,(H2,18,19,21)/t12-,14+/m1/s1. The number of carbonyl (C=O) groups excluding carboxylic acids is 1. The molecule has 6 nitrogen and oxygen atoms in total. The average molecular weight is 355 g/mol. The Kier molecular flexibility index (Phi) is 4.93. The Balaban J connectivity index is 1.41. The zero-order valence-corrected chi connectivity index (χ0v) is 14.2. The van der Waals surface area contributed by atoms with Crippen LogP contribution in [0.15, 0.2) is 24.3 Å². The van der Waals surface area contributed by atoms with Crippen LogP contribution in [0.5, 0.6) is 0 Å². The van der Waals surface area contributed by atoms with E-state index >= 15 is 0 Å². The lowest BCUT2D eigenvalue weighted by Crippen LogP contribution is -2.44. The molecule has 2 aliphatic rings. The van der Waals surface area contributed by atoms with Gasteiger partial charge in [0.2, 0.25) is 0 Å². The first-order chi connectivity index (χ1) is 11.4. The second-order valence-corrected chi connectivity index (χ2v) is 8.76. The molecule has 2 aliphatic heterocycles. The molecule has 132 valence electrons. The second kappa shape index (κ2) is 6.96. The predicted octanol–water partition coefficient (Wildman–Crippen LogP) is 1.14. The number of urea groups is 1. The average Bonchev–Trinajstić information content (AvgIpc) is 3.12. The number of sulfone groups is 1. The van der Waals surface area contributed by atoms with E-state index in [1.807, 2.05) is 0 Å². The Labute approximate surface area is 141 Å². The topological polar surface area (TPSA) is 78.5 Å². The number of benzene rings is 1. The highest BCUT2D eigenvalue weighted by Gasteiger charge is 2.29. The summed E-state index contributed by atoms with van der Waals surface area (Å²) in [5, 5.41) is 5.55. The smallest absolute Gasteiger partial charge is 0.315 e. The van der Waals surface area contributed by atoms with Crippen LogP contribution in [0.25, 0.3) is 0 Å². The molecule has 0 saturated carbocycles. The van der Waals surface area contributed by atoms with Gasteiger partial charge in [0.25, 0.3) is 0 Å². The summed E-state index contributed by atoms with van der Waals surface area (Å²) in [6.07, 6.45) is 1.44. The van der Waals surface area contributed by atoms with Gasteiger partial charge >= 0.3 is 6.03 Å². The van der Waals surface area contributed by atoms with Gasteiger partial charge in [0.1, 0.15) is 5.82 Å². The van der Waals surface area contributed by atoms with E-state index < -0.39 is 9.84 Å². The third-order valence-electron chi connectivity index (χ3n) is 4.60. The van der Waals surface area contributed by atoms with Gasteiger partial charge in [-0.1, -0.05) is 0 Å². The van der Waals surface area contributed by atoms with Crippen LogP contribution in [0.3, 0.4) is 0 Å². The van der Waals surface area contributed by atoms with Crippen LogP contribution in [0.4, 0.5) is 14.9 Å². The summed E-state index contributed by atoms with van der Waals surface area (Å²) >= 11 is 0. The summed E-state index contributed by atoms with van der Waals surface area (Å²) in [4.78, 5) is 14.1. The van der Waals surface area contributed by atoms with Gasteiger partial charge in [0.15, 0.2) is 9.84 Å². The maximum absolute atomic E-state index is 13.0. The van der Waals surface area contributed by atoms with E-state index in [9.17, 15) is 17.6 Å². The van der Waals surface area contributed by atoms with Crippen molar-refractivity contribution in [2.24, 2.45) is 5.92 Å². The van der Waals surface area contributed by atoms with Crippen LogP contribution in [-0.2, 0) is 9.84 Å². The number of carbonyl (C=O) groups is 1. The number of hydrogen-bond acceptors (Lipinski definition) is 4. The van der Waals surface area contributed by atoms with Gasteiger partial charge in [-0.2, -0.15) is 0 Å². The first-order valence-electron chi connectivity index (χ1n) is 8.16. The lowest BCUT2D eigenvalue weighted by Gasteiger charge is -2.19. The number of amides is 2. The van der Waals surface area contributed by atoms with Crippen LogP contribution in [0.1, 0.15) is 12.8 Å². The van der Waals surface area contributed by atoms with Crippen molar-refractivity contribution in [2.75, 3.05) is 36.0 Å². The third kappa shape index (κ3) is 4.37. The molecule has 3 rings (SSSR count). The fourth-order valence-corrected chi connectivity index (χ4v) is 4.94. The summed E-state index contributed by atoms with van der Waals surface area (Å²) in [5.41, 5.74) is 0.986. The van der Waals surface area contributed by atoms with Crippen LogP contribution in [0.2, 0.25) is 0 Å². The van der Waals surface area contributed by atoms with Gasteiger partial charge < -0.3 is 15.5 Å². The molecule has 1 aromatic rings. The minimum Gasteiger partial charge on any atom is -0.371 e. The minimum absolute atomic E-state index is 0.0300. The highest BCUT2D eigenvalue weighted by atomic mass is 32.2. The summed E-state index contributed by atoms with van der Waals surface area (Å²) in [6.45, 7) is 2.23. The van der Waals surface area contributed by atoms with Gasteiger partial charge in [-0.3, -0.25) is 0 Å². The minimum atomic E-state index is -2.99. The van der Waals surface area contributed by atoms with Gasteiger partial charge in [-0.05, 0) is 43.0 Å². The third-order valence-corrected chi connectivity index (χ3v) is 6.36. The van der Waals surface area contributed by atoms with Crippen molar-refractivity contribution in [3.63, 3.8) is 0 Å². The molecule has 0 spiro atoms. The number of rotatable bonds is 4. The van der Waals surface area contributed by atoms with Gasteiger partial charge in [0, 0.05) is 31.4 Å². The number of nitrogens with zero attached hydrogens (tertiary/aromatic N) is 1. The largest absolute Gasteiger partial charge is 0.371 e. The Morgan fingerprint density at radius 3 is 2.67 bits per heavy atom. The van der Waals surface area contributed by atoms with Crippen molar-refractivity contribution in [1.82, 2.24) is 10.6 Å². The first-order valence-corrected chi connectivity index (χ1v) is 9.99. The van der Waals surface area contributed by atoms with E-state index in [0.29, 0.717) is 18.9 Å². The molecule has 0 aromatic heterocycles. The molecule has 2 fully saturated rings. The van der Waals surface area contributed by atoms with Crippen molar-refractivity contribution in [3.05, 3.63) is 30.1 Å². The van der Waals surface area contributed by atoms with Crippen molar-refractivity contribution in [2.45, 2.75) is 18.9 Å². The highest BCUT2D eigenvalue weighted by Crippen LogP contribution is 2.23. The van der Waals surface area contributed by atoms with Crippen LogP contribution in [-0.4, -0.2) is 51.6 Å². The van der Waals surface area contributed by atoms with E-state index in [4.69, 9.17) is 0 Å². The molecular formula is C16H22FN3O3S. The normalized spacial score (nSPS) is 25.6. The number of hydrogen-bond donors (Lipinski definition) is 2. The second-order valence-electron chi connectivity index (χ2n) is 6.53. The molecular weight excluding hydrogens is 333 g/mol. The maximum Gasteiger partial charge on any atom is 0.315 e. The Morgan fingerprint density at radius 2 is 2.00 bits per heavy atom. The zero-order valence-electron chi connectivity index (χ0n) is 13.4. The molecule has 24 heavy (non-hydrogen) atoms. The molecule has 2 heterocycles. The molecule has 0 aliphatic carbocycles. The molecule has 2 N–H and O–H groups in total. The monoisotopic (exact) mass is 355 g/mol. The molecule has 0 radical (unpaired) electrons. The van der Waals surface area contributed by atoms with Crippen molar-refractivity contribution < 1.29 is 17.6 Å². The summed E-state index contributed by atoms with van der Waals surface area (Å²) in [7, 11) is -2.99. The van der Waals surface area contributed by atoms with Gasteiger partial charge in [-0.15, -0.1) is 0 Å². The lowest BCUT2D eigenvalue weighted by atomic mass is 10.1. The van der Waals surface area contributed by atoms with Gasteiger partial charge in [-0.25, -0.2) is 17.6 Å². The van der Waals surface area contributed by atoms with Crippen molar-refractivity contribution in [1.29, 1.82) is 0 Å². The van der Waals surface area contributed by atoms with Crippen molar-refractivity contribution >= 4 is 21.6 Å². The Bertz CT molecular complexity index is 693. The molecule has 8 heteroatoms. The van der Waals surface area contributed by atoms with E-state index in [1.54, 1.807) is 12.1 Å². The molecule has 2 amide bonds. The van der Waals surface area contributed by atoms with Crippen LogP contribution in [0, 0.1) is 11.7 Å². The number of nitrogens with one attached hydrogen (secondary N) is 2. The molecule has 2 atom stereocenters. The van der Waals surface area contributed by atoms with Crippen LogP contribution >= 0.6 is 0 Å². The first kappa shape index (κ1) is 17.0.